The maximum atomic E-state index is 4.06. The lowest BCUT2D eigenvalue weighted by Gasteiger charge is -2.26. The van der Waals surface area contributed by atoms with Crippen LogP contribution in [-0.2, 0) is 6.54 Å². The van der Waals surface area contributed by atoms with E-state index in [1.54, 1.807) is 6.20 Å². The zero-order valence-electron chi connectivity index (χ0n) is 10.0. The minimum absolute atomic E-state index is 0.847. The summed E-state index contributed by atoms with van der Waals surface area (Å²) in [6.45, 7) is 4.34. The van der Waals surface area contributed by atoms with Crippen molar-refractivity contribution in [3.8, 4) is 0 Å². The van der Waals surface area contributed by atoms with Crippen molar-refractivity contribution in [3.05, 3.63) is 24.0 Å². The van der Waals surface area contributed by atoms with E-state index < -0.39 is 0 Å². The van der Waals surface area contributed by atoms with Gasteiger partial charge in [0.1, 0.15) is 0 Å². The molecule has 0 spiro atoms. The summed E-state index contributed by atoms with van der Waals surface area (Å²) in [5, 5.41) is 11.4. The minimum atomic E-state index is 0.847. The Balaban J connectivity index is 1.65. The van der Waals surface area contributed by atoms with Crippen LogP contribution in [0.1, 0.15) is 38.3 Å². The van der Waals surface area contributed by atoms with E-state index >= 15 is 0 Å². The normalized spacial score (nSPS) is 25.6. The largest absolute Gasteiger partial charge is 0.311 e. The van der Waals surface area contributed by atoms with Gasteiger partial charge >= 0.3 is 0 Å². The maximum absolute atomic E-state index is 4.06. The molecule has 3 nitrogen and oxygen atoms in total. The van der Waals surface area contributed by atoms with Gasteiger partial charge in [-0.05, 0) is 43.4 Å². The first kappa shape index (κ1) is 11.5. The van der Waals surface area contributed by atoms with Gasteiger partial charge in [-0.25, -0.2) is 0 Å². The molecule has 3 heteroatoms. The van der Waals surface area contributed by atoms with E-state index in [9.17, 15) is 0 Å². The Morgan fingerprint density at radius 3 is 2.81 bits per heavy atom. The second-order valence-electron chi connectivity index (χ2n) is 4.97. The Kier molecular flexibility index (Phi) is 4.28. The minimum Gasteiger partial charge on any atom is -0.311 e. The lowest BCUT2D eigenvalue weighted by molar-refractivity contribution is 0.281. The fraction of sp³-hybridized carbons (Fsp3) is 0.692. The quantitative estimate of drug-likeness (QED) is 0.845. The van der Waals surface area contributed by atoms with Crippen LogP contribution in [0.25, 0.3) is 0 Å². The molecule has 0 bridgehead atoms. The van der Waals surface area contributed by atoms with E-state index in [0.717, 1.165) is 30.6 Å². The molecule has 1 saturated carbocycles. The van der Waals surface area contributed by atoms with Gasteiger partial charge in [-0.2, -0.15) is 10.2 Å². The summed E-state index contributed by atoms with van der Waals surface area (Å²) in [6, 6.07) is 3.95. The van der Waals surface area contributed by atoms with Crippen LogP contribution in [0.3, 0.4) is 0 Å². The lowest BCUT2D eigenvalue weighted by atomic mass is 9.83. The monoisotopic (exact) mass is 219 g/mol. The van der Waals surface area contributed by atoms with E-state index in [4.69, 9.17) is 0 Å². The molecule has 1 aromatic rings. The number of aromatic nitrogens is 2. The average Bonchev–Trinajstić information content (AvgIpc) is 2.33. The maximum Gasteiger partial charge on any atom is 0.0768 e. The van der Waals surface area contributed by atoms with Crippen LogP contribution in [-0.4, -0.2) is 16.7 Å². The van der Waals surface area contributed by atoms with Crippen LogP contribution in [0.2, 0.25) is 0 Å². The highest BCUT2D eigenvalue weighted by Crippen LogP contribution is 2.27. The number of hydrogen-bond donors (Lipinski definition) is 1. The van der Waals surface area contributed by atoms with Crippen LogP contribution in [0.4, 0.5) is 0 Å². The highest BCUT2D eigenvalue weighted by Gasteiger charge is 2.17. The highest BCUT2D eigenvalue weighted by molar-refractivity contribution is 4.98. The fourth-order valence-electron chi connectivity index (χ4n) is 2.37. The summed E-state index contributed by atoms with van der Waals surface area (Å²) >= 11 is 0. The SMILES string of the molecule is CC1CCC(CNCc2cccnn2)CC1. The molecule has 1 aliphatic carbocycles. The molecule has 0 radical (unpaired) electrons. The number of hydrogen-bond acceptors (Lipinski definition) is 3. The van der Waals surface area contributed by atoms with Crippen molar-refractivity contribution in [1.82, 2.24) is 15.5 Å². The molecule has 88 valence electrons. The topological polar surface area (TPSA) is 37.8 Å². The van der Waals surface area contributed by atoms with E-state index in [1.807, 2.05) is 12.1 Å². The summed E-state index contributed by atoms with van der Waals surface area (Å²) in [7, 11) is 0. The van der Waals surface area contributed by atoms with Gasteiger partial charge in [0.05, 0.1) is 5.69 Å². The molecule has 1 heterocycles. The first-order valence-electron chi connectivity index (χ1n) is 6.32. The van der Waals surface area contributed by atoms with Gasteiger partial charge in [0.25, 0.3) is 0 Å². The third kappa shape index (κ3) is 3.56. The van der Waals surface area contributed by atoms with Crippen LogP contribution < -0.4 is 5.32 Å². The summed E-state index contributed by atoms with van der Waals surface area (Å²) in [5.74, 6) is 1.81. The predicted octanol–water partition coefficient (Wildman–Crippen LogP) is 2.39. The smallest absolute Gasteiger partial charge is 0.0768 e. The van der Waals surface area contributed by atoms with Crippen molar-refractivity contribution >= 4 is 0 Å². The first-order chi connectivity index (χ1) is 7.84. The molecular weight excluding hydrogens is 198 g/mol. The van der Waals surface area contributed by atoms with E-state index in [0.29, 0.717) is 0 Å². The summed E-state index contributed by atoms with van der Waals surface area (Å²) < 4.78 is 0. The molecule has 0 saturated heterocycles. The Bertz CT molecular complexity index is 291. The van der Waals surface area contributed by atoms with E-state index in [2.05, 4.69) is 22.4 Å². The van der Waals surface area contributed by atoms with E-state index in [-0.39, 0.29) is 0 Å². The van der Waals surface area contributed by atoms with E-state index in [1.165, 1.54) is 25.7 Å². The molecule has 0 unspecified atom stereocenters. The van der Waals surface area contributed by atoms with Gasteiger partial charge < -0.3 is 5.32 Å². The number of nitrogens with one attached hydrogen (secondary N) is 1. The molecule has 2 rings (SSSR count). The Morgan fingerprint density at radius 2 is 2.12 bits per heavy atom. The van der Waals surface area contributed by atoms with Crippen molar-refractivity contribution in [2.24, 2.45) is 11.8 Å². The Morgan fingerprint density at radius 1 is 1.31 bits per heavy atom. The Labute approximate surface area is 97.7 Å². The number of rotatable bonds is 4. The van der Waals surface area contributed by atoms with Crippen molar-refractivity contribution < 1.29 is 0 Å². The first-order valence-corrected chi connectivity index (χ1v) is 6.32. The highest BCUT2D eigenvalue weighted by atomic mass is 15.1. The van der Waals surface area contributed by atoms with Crippen LogP contribution in [0, 0.1) is 11.8 Å². The van der Waals surface area contributed by atoms with Gasteiger partial charge in [0.15, 0.2) is 0 Å². The predicted molar refractivity (Wildman–Crippen MR) is 64.9 cm³/mol. The second kappa shape index (κ2) is 5.94. The molecule has 1 aromatic heterocycles. The zero-order chi connectivity index (χ0) is 11.2. The standard InChI is InChI=1S/C13H21N3/c1-11-4-6-12(7-5-11)9-14-10-13-3-2-8-15-16-13/h2-3,8,11-12,14H,4-7,9-10H2,1H3. The van der Waals surface area contributed by atoms with Crippen molar-refractivity contribution in [2.75, 3.05) is 6.54 Å². The van der Waals surface area contributed by atoms with Gasteiger partial charge in [-0.15, -0.1) is 0 Å². The molecule has 1 aliphatic rings. The van der Waals surface area contributed by atoms with Crippen molar-refractivity contribution in [1.29, 1.82) is 0 Å². The molecule has 0 amide bonds. The van der Waals surface area contributed by atoms with Crippen molar-refractivity contribution in [3.63, 3.8) is 0 Å². The van der Waals surface area contributed by atoms with Gasteiger partial charge in [-0.1, -0.05) is 19.8 Å². The molecule has 0 aromatic carbocycles. The summed E-state index contributed by atoms with van der Waals surface area (Å²) in [6.07, 6.45) is 7.28. The lowest BCUT2D eigenvalue weighted by Crippen LogP contribution is -2.26. The molecule has 1 fully saturated rings. The summed E-state index contributed by atoms with van der Waals surface area (Å²) in [5.41, 5.74) is 1.03. The third-order valence-electron chi connectivity index (χ3n) is 3.50. The van der Waals surface area contributed by atoms with Crippen LogP contribution >= 0.6 is 0 Å². The van der Waals surface area contributed by atoms with Crippen molar-refractivity contribution in [2.45, 2.75) is 39.2 Å². The average molecular weight is 219 g/mol. The molecule has 0 atom stereocenters. The molecule has 16 heavy (non-hydrogen) atoms. The molecule has 1 N–H and O–H groups in total. The second-order valence-corrected chi connectivity index (χ2v) is 4.97. The zero-order valence-corrected chi connectivity index (χ0v) is 10.0. The fourth-order valence-corrected chi connectivity index (χ4v) is 2.37. The third-order valence-corrected chi connectivity index (χ3v) is 3.50. The Hall–Kier alpha value is -0.960. The van der Waals surface area contributed by atoms with Gasteiger partial charge in [0, 0.05) is 12.7 Å². The van der Waals surface area contributed by atoms with Gasteiger partial charge in [-0.3, -0.25) is 0 Å². The van der Waals surface area contributed by atoms with Crippen LogP contribution in [0.5, 0.6) is 0 Å². The summed E-state index contributed by atoms with van der Waals surface area (Å²) in [4.78, 5) is 0. The van der Waals surface area contributed by atoms with Crippen LogP contribution in [0.15, 0.2) is 18.3 Å². The number of nitrogens with zero attached hydrogens (tertiary/aromatic N) is 2. The van der Waals surface area contributed by atoms with Gasteiger partial charge in [0.2, 0.25) is 0 Å². The molecular formula is C13H21N3. The molecule has 0 aliphatic heterocycles.